The van der Waals surface area contributed by atoms with Crippen molar-refractivity contribution in [2.24, 2.45) is 0 Å². The van der Waals surface area contributed by atoms with Gasteiger partial charge in [0.2, 0.25) is 0 Å². The fraction of sp³-hybridized carbons (Fsp3) is 0.667. The number of hydrogen-bond donors (Lipinski definition) is 1. The molecule has 1 unspecified atom stereocenters. The summed E-state index contributed by atoms with van der Waals surface area (Å²) in [6, 6.07) is 7.22. The Morgan fingerprint density at radius 1 is 1.14 bits per heavy atom. The Kier molecular flexibility index (Phi) is 8.58. The standard InChI is InChI=1S/C18H32N2O/c1-6-8-19-18(14-20(5)9-10-21-7-2)17-12-15(3)11-16(4)13-17/h11-13,18-19H,6-10,14H2,1-5H3. The zero-order valence-electron chi connectivity index (χ0n) is 14.4. The van der Waals surface area contributed by atoms with Crippen LogP contribution in [0.15, 0.2) is 18.2 Å². The van der Waals surface area contributed by atoms with Gasteiger partial charge in [-0.2, -0.15) is 0 Å². The van der Waals surface area contributed by atoms with Crippen LogP contribution in [0.4, 0.5) is 0 Å². The van der Waals surface area contributed by atoms with Crippen molar-refractivity contribution in [3.8, 4) is 0 Å². The van der Waals surface area contributed by atoms with Crippen LogP contribution in [0.3, 0.4) is 0 Å². The molecule has 0 fully saturated rings. The van der Waals surface area contributed by atoms with Crippen molar-refractivity contribution in [3.05, 3.63) is 34.9 Å². The molecule has 0 amide bonds. The van der Waals surface area contributed by atoms with Crippen LogP contribution in [0.25, 0.3) is 0 Å². The first kappa shape index (κ1) is 18.1. The number of nitrogens with zero attached hydrogens (tertiary/aromatic N) is 1. The third-order valence-corrected chi connectivity index (χ3v) is 3.60. The van der Waals surface area contributed by atoms with Crippen molar-refractivity contribution in [1.29, 1.82) is 0 Å². The lowest BCUT2D eigenvalue weighted by atomic mass is 10.0. The molecule has 0 heterocycles. The summed E-state index contributed by atoms with van der Waals surface area (Å²) >= 11 is 0. The molecule has 3 nitrogen and oxygen atoms in total. The SMILES string of the molecule is CCCNC(CN(C)CCOCC)c1cc(C)cc(C)c1. The number of nitrogens with one attached hydrogen (secondary N) is 1. The summed E-state index contributed by atoms with van der Waals surface area (Å²) in [5.74, 6) is 0. The minimum atomic E-state index is 0.384. The van der Waals surface area contributed by atoms with Crippen molar-refractivity contribution in [2.45, 2.75) is 40.2 Å². The minimum Gasteiger partial charge on any atom is -0.380 e. The van der Waals surface area contributed by atoms with Gasteiger partial charge < -0.3 is 15.0 Å². The summed E-state index contributed by atoms with van der Waals surface area (Å²) in [6.45, 7) is 13.2. The molecule has 0 aromatic heterocycles. The lowest BCUT2D eigenvalue weighted by molar-refractivity contribution is 0.119. The van der Waals surface area contributed by atoms with E-state index in [1.54, 1.807) is 0 Å². The topological polar surface area (TPSA) is 24.5 Å². The molecule has 0 aliphatic heterocycles. The molecule has 0 aliphatic rings. The van der Waals surface area contributed by atoms with E-state index in [1.807, 2.05) is 6.92 Å². The zero-order valence-corrected chi connectivity index (χ0v) is 14.4. The van der Waals surface area contributed by atoms with E-state index in [-0.39, 0.29) is 0 Å². The van der Waals surface area contributed by atoms with Crippen LogP contribution in [0.2, 0.25) is 0 Å². The quantitative estimate of drug-likeness (QED) is 0.670. The fourth-order valence-electron chi connectivity index (χ4n) is 2.59. The molecule has 1 aromatic carbocycles. The summed E-state index contributed by atoms with van der Waals surface area (Å²) in [4.78, 5) is 2.35. The maximum atomic E-state index is 5.45. The number of hydrogen-bond acceptors (Lipinski definition) is 3. The van der Waals surface area contributed by atoms with Crippen molar-refractivity contribution in [1.82, 2.24) is 10.2 Å². The molecule has 1 N–H and O–H groups in total. The summed E-state index contributed by atoms with van der Waals surface area (Å²) in [7, 11) is 2.17. The van der Waals surface area contributed by atoms with E-state index in [2.05, 4.69) is 56.2 Å². The van der Waals surface area contributed by atoms with E-state index in [0.29, 0.717) is 6.04 Å². The summed E-state index contributed by atoms with van der Waals surface area (Å²) < 4.78 is 5.45. The maximum absolute atomic E-state index is 5.45. The maximum Gasteiger partial charge on any atom is 0.0593 e. The highest BCUT2D eigenvalue weighted by atomic mass is 16.5. The fourth-order valence-corrected chi connectivity index (χ4v) is 2.59. The average Bonchev–Trinajstić information content (AvgIpc) is 2.42. The van der Waals surface area contributed by atoms with E-state index in [4.69, 9.17) is 4.74 Å². The molecule has 21 heavy (non-hydrogen) atoms. The van der Waals surface area contributed by atoms with Crippen LogP contribution in [0.5, 0.6) is 0 Å². The van der Waals surface area contributed by atoms with Crippen LogP contribution in [0, 0.1) is 13.8 Å². The predicted octanol–water partition coefficient (Wildman–Crippen LogP) is 3.31. The predicted molar refractivity (Wildman–Crippen MR) is 90.9 cm³/mol. The van der Waals surface area contributed by atoms with Gasteiger partial charge in [-0.3, -0.25) is 0 Å². The molecule has 0 saturated carbocycles. The van der Waals surface area contributed by atoms with E-state index >= 15 is 0 Å². The molecule has 0 radical (unpaired) electrons. The lowest BCUT2D eigenvalue weighted by Crippen LogP contribution is -2.35. The second-order valence-corrected chi connectivity index (χ2v) is 5.89. The highest BCUT2D eigenvalue weighted by Gasteiger charge is 2.14. The molecule has 0 spiro atoms. The number of likely N-dealkylation sites (N-methyl/N-ethyl adjacent to an activating group) is 1. The molecule has 3 heteroatoms. The van der Waals surface area contributed by atoms with Gasteiger partial charge in [0, 0.05) is 25.7 Å². The second kappa shape index (κ2) is 9.93. The van der Waals surface area contributed by atoms with Gasteiger partial charge in [-0.05, 0) is 46.3 Å². The van der Waals surface area contributed by atoms with Gasteiger partial charge in [-0.15, -0.1) is 0 Å². The molecule has 0 aliphatic carbocycles. The normalized spacial score (nSPS) is 12.9. The first-order valence-electron chi connectivity index (χ1n) is 8.14. The lowest BCUT2D eigenvalue weighted by Gasteiger charge is -2.26. The average molecular weight is 292 g/mol. The number of rotatable bonds is 10. The largest absolute Gasteiger partial charge is 0.380 e. The smallest absolute Gasteiger partial charge is 0.0593 e. The Morgan fingerprint density at radius 3 is 2.38 bits per heavy atom. The molecular weight excluding hydrogens is 260 g/mol. The monoisotopic (exact) mass is 292 g/mol. The Hall–Kier alpha value is -0.900. The second-order valence-electron chi connectivity index (χ2n) is 5.89. The van der Waals surface area contributed by atoms with E-state index in [1.165, 1.54) is 16.7 Å². The van der Waals surface area contributed by atoms with Gasteiger partial charge in [0.05, 0.1) is 6.61 Å². The third kappa shape index (κ3) is 7.07. The Bertz CT molecular complexity index is 386. The zero-order chi connectivity index (χ0) is 15.7. The highest BCUT2D eigenvalue weighted by molar-refractivity contribution is 5.30. The Balaban J connectivity index is 2.70. The van der Waals surface area contributed by atoms with Crippen LogP contribution in [-0.4, -0.2) is 44.8 Å². The van der Waals surface area contributed by atoms with Gasteiger partial charge >= 0.3 is 0 Å². The van der Waals surface area contributed by atoms with Gasteiger partial charge in [-0.1, -0.05) is 36.2 Å². The van der Waals surface area contributed by atoms with E-state index in [0.717, 1.165) is 39.3 Å². The number of aryl methyl sites for hydroxylation is 2. The van der Waals surface area contributed by atoms with Crippen molar-refractivity contribution < 1.29 is 4.74 Å². The van der Waals surface area contributed by atoms with Crippen molar-refractivity contribution in [2.75, 3.05) is 39.9 Å². The Morgan fingerprint density at radius 2 is 1.81 bits per heavy atom. The molecule has 1 rings (SSSR count). The Labute approximate surface area is 130 Å². The molecule has 0 saturated heterocycles. The molecule has 1 atom stereocenters. The van der Waals surface area contributed by atoms with E-state index in [9.17, 15) is 0 Å². The van der Waals surface area contributed by atoms with Crippen LogP contribution < -0.4 is 5.32 Å². The van der Waals surface area contributed by atoms with Gasteiger partial charge in [0.25, 0.3) is 0 Å². The van der Waals surface area contributed by atoms with Crippen LogP contribution in [-0.2, 0) is 4.74 Å². The highest BCUT2D eigenvalue weighted by Crippen LogP contribution is 2.18. The number of benzene rings is 1. The molecule has 1 aromatic rings. The third-order valence-electron chi connectivity index (χ3n) is 3.60. The van der Waals surface area contributed by atoms with Crippen molar-refractivity contribution >= 4 is 0 Å². The first-order valence-corrected chi connectivity index (χ1v) is 8.14. The first-order chi connectivity index (χ1) is 10.1. The van der Waals surface area contributed by atoms with Gasteiger partial charge in [0.1, 0.15) is 0 Å². The van der Waals surface area contributed by atoms with Crippen LogP contribution >= 0.6 is 0 Å². The summed E-state index contributed by atoms with van der Waals surface area (Å²) in [6.07, 6.45) is 1.16. The minimum absolute atomic E-state index is 0.384. The summed E-state index contributed by atoms with van der Waals surface area (Å²) in [5, 5.41) is 3.68. The van der Waals surface area contributed by atoms with Crippen molar-refractivity contribution in [3.63, 3.8) is 0 Å². The molecule has 120 valence electrons. The van der Waals surface area contributed by atoms with Crippen LogP contribution in [0.1, 0.15) is 43.0 Å². The molecule has 0 bridgehead atoms. The van der Waals surface area contributed by atoms with Gasteiger partial charge in [-0.25, -0.2) is 0 Å². The summed E-state index contributed by atoms with van der Waals surface area (Å²) in [5.41, 5.74) is 4.07. The number of ether oxygens (including phenoxy) is 1. The van der Waals surface area contributed by atoms with E-state index < -0.39 is 0 Å². The molecular formula is C18H32N2O. The van der Waals surface area contributed by atoms with Gasteiger partial charge in [0.15, 0.2) is 0 Å².